The number of rotatable bonds is 6. The Balaban J connectivity index is 1.34. The maximum absolute atomic E-state index is 4.33. The monoisotopic (exact) mass is 279 g/mol. The minimum absolute atomic E-state index is 0.868. The highest BCUT2D eigenvalue weighted by atomic mass is 32.1. The summed E-state index contributed by atoms with van der Waals surface area (Å²) >= 11 is 1.81. The van der Waals surface area contributed by atoms with Crippen molar-refractivity contribution in [3.63, 3.8) is 0 Å². The molecular formula is C15H25N3S. The maximum atomic E-state index is 4.33. The molecule has 0 atom stereocenters. The van der Waals surface area contributed by atoms with Gasteiger partial charge in [0.25, 0.3) is 0 Å². The Morgan fingerprint density at radius 2 is 2.11 bits per heavy atom. The molecule has 0 radical (unpaired) electrons. The number of aromatic nitrogens is 1. The number of thiazole rings is 1. The van der Waals surface area contributed by atoms with Crippen LogP contribution in [0.3, 0.4) is 0 Å². The van der Waals surface area contributed by atoms with Crippen molar-refractivity contribution in [3.05, 3.63) is 16.1 Å². The van der Waals surface area contributed by atoms with Crippen LogP contribution in [0.5, 0.6) is 0 Å². The van der Waals surface area contributed by atoms with Gasteiger partial charge in [-0.25, -0.2) is 4.98 Å². The second-order valence-corrected chi connectivity index (χ2v) is 7.02. The van der Waals surface area contributed by atoms with Gasteiger partial charge in [-0.05, 0) is 64.6 Å². The fourth-order valence-corrected chi connectivity index (χ4v) is 3.63. The van der Waals surface area contributed by atoms with Gasteiger partial charge in [-0.2, -0.15) is 0 Å². The zero-order chi connectivity index (χ0) is 13.1. The number of hydrogen-bond donors (Lipinski definition) is 1. The maximum Gasteiger partial charge on any atom is 0.0797 e. The fraction of sp³-hybridized carbons (Fsp3) is 0.800. The normalized spacial score (nSPS) is 21.9. The van der Waals surface area contributed by atoms with Crippen LogP contribution in [0.15, 0.2) is 5.51 Å². The molecule has 1 aromatic rings. The van der Waals surface area contributed by atoms with Gasteiger partial charge >= 0.3 is 0 Å². The Hall–Kier alpha value is -0.450. The Morgan fingerprint density at radius 1 is 1.32 bits per heavy atom. The summed E-state index contributed by atoms with van der Waals surface area (Å²) in [6.45, 7) is 7.17. The van der Waals surface area contributed by atoms with Crippen LogP contribution in [0, 0.1) is 12.8 Å². The summed E-state index contributed by atoms with van der Waals surface area (Å²) in [6, 6.07) is 0.868. The smallest absolute Gasteiger partial charge is 0.0797 e. The Morgan fingerprint density at radius 3 is 2.74 bits per heavy atom. The SMILES string of the molecule is Cc1ncsc1CCN1CCC(CNC2CC2)CC1. The number of nitrogens with one attached hydrogen (secondary N) is 1. The van der Waals surface area contributed by atoms with E-state index in [-0.39, 0.29) is 0 Å². The van der Waals surface area contributed by atoms with Gasteiger partial charge in [0.15, 0.2) is 0 Å². The van der Waals surface area contributed by atoms with Crippen molar-refractivity contribution in [2.45, 2.75) is 45.1 Å². The zero-order valence-corrected chi connectivity index (χ0v) is 12.7. The van der Waals surface area contributed by atoms with Crippen molar-refractivity contribution in [1.82, 2.24) is 15.2 Å². The van der Waals surface area contributed by atoms with Crippen molar-refractivity contribution in [1.29, 1.82) is 0 Å². The second kappa shape index (κ2) is 6.33. The van der Waals surface area contributed by atoms with Gasteiger partial charge in [0, 0.05) is 17.5 Å². The largest absolute Gasteiger partial charge is 0.314 e. The predicted molar refractivity (Wildman–Crippen MR) is 80.7 cm³/mol. The van der Waals surface area contributed by atoms with Crippen LogP contribution in [-0.4, -0.2) is 42.1 Å². The molecule has 1 saturated carbocycles. The predicted octanol–water partition coefficient (Wildman–Crippen LogP) is 2.46. The first kappa shape index (κ1) is 13.5. The third kappa shape index (κ3) is 4.01. The standard InChI is InChI=1S/C15H25N3S/c1-12-15(19-11-17-12)6-9-18-7-4-13(5-8-18)10-16-14-2-3-14/h11,13-14,16H,2-10H2,1H3. The van der Waals surface area contributed by atoms with E-state index in [4.69, 9.17) is 0 Å². The molecule has 2 fully saturated rings. The molecular weight excluding hydrogens is 254 g/mol. The molecule has 1 aliphatic carbocycles. The highest BCUT2D eigenvalue weighted by Crippen LogP contribution is 2.22. The van der Waals surface area contributed by atoms with Gasteiger partial charge in [0.05, 0.1) is 11.2 Å². The average Bonchev–Trinajstić information content (AvgIpc) is 3.18. The molecule has 19 heavy (non-hydrogen) atoms. The third-order valence-corrected chi connectivity index (χ3v) is 5.47. The van der Waals surface area contributed by atoms with Crippen molar-refractivity contribution < 1.29 is 0 Å². The molecule has 106 valence electrons. The molecule has 0 amide bonds. The highest BCUT2D eigenvalue weighted by molar-refractivity contribution is 7.09. The lowest BCUT2D eigenvalue weighted by atomic mass is 9.96. The lowest BCUT2D eigenvalue weighted by molar-refractivity contribution is 0.184. The second-order valence-electron chi connectivity index (χ2n) is 6.08. The van der Waals surface area contributed by atoms with E-state index in [1.54, 1.807) is 0 Å². The van der Waals surface area contributed by atoms with Crippen LogP contribution in [0.1, 0.15) is 36.3 Å². The van der Waals surface area contributed by atoms with Crippen LogP contribution in [0.25, 0.3) is 0 Å². The van der Waals surface area contributed by atoms with Gasteiger partial charge in [0.2, 0.25) is 0 Å². The molecule has 4 heteroatoms. The van der Waals surface area contributed by atoms with Crippen molar-refractivity contribution in [2.75, 3.05) is 26.2 Å². The zero-order valence-electron chi connectivity index (χ0n) is 11.9. The molecule has 1 N–H and O–H groups in total. The van der Waals surface area contributed by atoms with Crippen molar-refractivity contribution in [3.8, 4) is 0 Å². The summed E-state index contributed by atoms with van der Waals surface area (Å²) in [5.41, 5.74) is 3.20. The van der Waals surface area contributed by atoms with E-state index in [2.05, 4.69) is 22.1 Å². The van der Waals surface area contributed by atoms with Crippen LogP contribution in [0.4, 0.5) is 0 Å². The van der Waals surface area contributed by atoms with Crippen LogP contribution in [0.2, 0.25) is 0 Å². The van der Waals surface area contributed by atoms with E-state index in [0.29, 0.717) is 0 Å². The molecule has 1 aliphatic heterocycles. The lowest BCUT2D eigenvalue weighted by Gasteiger charge is -2.32. The van der Waals surface area contributed by atoms with Gasteiger partial charge in [-0.15, -0.1) is 11.3 Å². The van der Waals surface area contributed by atoms with E-state index in [9.17, 15) is 0 Å². The molecule has 3 rings (SSSR count). The summed E-state index contributed by atoms with van der Waals surface area (Å²) in [6.07, 6.45) is 6.75. The molecule has 2 aliphatic rings. The molecule has 0 spiro atoms. The number of piperidine rings is 1. The molecule has 3 nitrogen and oxygen atoms in total. The van der Waals surface area contributed by atoms with Crippen molar-refractivity contribution >= 4 is 11.3 Å². The molecule has 0 unspecified atom stereocenters. The van der Waals surface area contributed by atoms with Crippen LogP contribution >= 0.6 is 11.3 Å². The minimum atomic E-state index is 0.868. The van der Waals surface area contributed by atoms with Gasteiger partial charge in [0.1, 0.15) is 0 Å². The number of likely N-dealkylation sites (tertiary alicyclic amines) is 1. The fourth-order valence-electron chi connectivity index (χ4n) is 2.86. The highest BCUT2D eigenvalue weighted by Gasteiger charge is 2.24. The number of aryl methyl sites for hydroxylation is 1. The first-order valence-electron chi connectivity index (χ1n) is 7.66. The Labute approximate surface area is 120 Å². The molecule has 1 aromatic heterocycles. The molecule has 1 saturated heterocycles. The van der Waals surface area contributed by atoms with Gasteiger partial charge < -0.3 is 10.2 Å². The van der Waals surface area contributed by atoms with E-state index in [1.807, 2.05) is 16.8 Å². The van der Waals surface area contributed by atoms with Crippen LogP contribution < -0.4 is 5.32 Å². The van der Waals surface area contributed by atoms with E-state index < -0.39 is 0 Å². The van der Waals surface area contributed by atoms with Crippen molar-refractivity contribution in [2.24, 2.45) is 5.92 Å². The number of hydrogen-bond acceptors (Lipinski definition) is 4. The average molecular weight is 279 g/mol. The van der Waals surface area contributed by atoms with Crippen LogP contribution in [-0.2, 0) is 6.42 Å². The quantitative estimate of drug-likeness (QED) is 0.867. The summed E-state index contributed by atoms with van der Waals surface area (Å²) < 4.78 is 0. The summed E-state index contributed by atoms with van der Waals surface area (Å²) in [4.78, 5) is 8.43. The Kier molecular flexibility index (Phi) is 4.51. The topological polar surface area (TPSA) is 28.2 Å². The van der Waals surface area contributed by atoms with Gasteiger partial charge in [-0.3, -0.25) is 0 Å². The summed E-state index contributed by atoms with van der Waals surface area (Å²) in [5.74, 6) is 0.919. The minimum Gasteiger partial charge on any atom is -0.314 e. The molecule has 2 heterocycles. The first-order valence-corrected chi connectivity index (χ1v) is 8.54. The lowest BCUT2D eigenvalue weighted by Crippen LogP contribution is -2.38. The molecule has 0 bridgehead atoms. The van der Waals surface area contributed by atoms with E-state index in [1.165, 1.54) is 68.9 Å². The van der Waals surface area contributed by atoms with Gasteiger partial charge in [-0.1, -0.05) is 0 Å². The first-order chi connectivity index (χ1) is 9.31. The summed E-state index contributed by atoms with van der Waals surface area (Å²) in [7, 11) is 0. The Bertz CT molecular complexity index is 392. The van der Waals surface area contributed by atoms with E-state index in [0.717, 1.165) is 12.0 Å². The summed E-state index contributed by atoms with van der Waals surface area (Å²) in [5, 5.41) is 3.68. The van der Waals surface area contributed by atoms with E-state index >= 15 is 0 Å². The third-order valence-electron chi connectivity index (χ3n) is 4.48. The number of nitrogens with zero attached hydrogens (tertiary/aromatic N) is 2. The molecule has 0 aromatic carbocycles.